The molecule has 1 fully saturated rings. The van der Waals surface area contributed by atoms with Gasteiger partial charge in [0, 0.05) is 0 Å². The molecular formula is C17H25N3O3. The summed E-state index contributed by atoms with van der Waals surface area (Å²) in [6.45, 7) is 1.89. The molecule has 2 atom stereocenters. The van der Waals surface area contributed by atoms with Gasteiger partial charge >= 0.3 is 6.03 Å². The molecule has 6 heteroatoms. The van der Waals surface area contributed by atoms with Crippen LogP contribution in [0.3, 0.4) is 0 Å². The molecule has 0 aromatic heterocycles. The van der Waals surface area contributed by atoms with Gasteiger partial charge in [-0.3, -0.25) is 4.79 Å². The molecule has 1 saturated carbocycles. The zero-order valence-electron chi connectivity index (χ0n) is 13.4. The van der Waals surface area contributed by atoms with E-state index in [1.807, 2.05) is 31.2 Å². The van der Waals surface area contributed by atoms with Crippen molar-refractivity contribution in [3.63, 3.8) is 0 Å². The largest absolute Gasteiger partial charge is 0.394 e. The number of rotatable bonds is 7. The summed E-state index contributed by atoms with van der Waals surface area (Å²) in [6.07, 6.45) is 3.31. The van der Waals surface area contributed by atoms with Crippen LogP contribution in [0.15, 0.2) is 24.3 Å². The number of hydrogen-bond donors (Lipinski definition) is 4. The van der Waals surface area contributed by atoms with Crippen LogP contribution in [0.4, 0.5) is 4.79 Å². The highest BCUT2D eigenvalue weighted by molar-refractivity contribution is 5.79. The van der Waals surface area contributed by atoms with Crippen LogP contribution < -0.4 is 16.4 Å². The van der Waals surface area contributed by atoms with Gasteiger partial charge in [0.25, 0.3) is 0 Å². The van der Waals surface area contributed by atoms with E-state index in [-0.39, 0.29) is 25.0 Å². The molecule has 1 aliphatic rings. The summed E-state index contributed by atoms with van der Waals surface area (Å²) >= 11 is 0. The minimum Gasteiger partial charge on any atom is -0.394 e. The number of carbonyl (C=O) groups is 2. The fourth-order valence-electron chi connectivity index (χ4n) is 2.92. The number of amides is 3. The lowest BCUT2D eigenvalue weighted by atomic mass is 9.80. The van der Waals surface area contributed by atoms with E-state index in [0.29, 0.717) is 5.92 Å². The van der Waals surface area contributed by atoms with E-state index >= 15 is 0 Å². The van der Waals surface area contributed by atoms with Crippen molar-refractivity contribution in [3.05, 3.63) is 35.4 Å². The Morgan fingerprint density at radius 3 is 2.61 bits per heavy atom. The number of nitrogens with two attached hydrogens (primary N) is 1. The monoisotopic (exact) mass is 319 g/mol. The number of benzene rings is 1. The van der Waals surface area contributed by atoms with Gasteiger partial charge in [0.2, 0.25) is 5.91 Å². The molecule has 1 aromatic carbocycles. The maximum Gasteiger partial charge on any atom is 0.312 e. The summed E-state index contributed by atoms with van der Waals surface area (Å²) < 4.78 is 0. The van der Waals surface area contributed by atoms with Gasteiger partial charge in [0.15, 0.2) is 0 Å². The van der Waals surface area contributed by atoms with E-state index < -0.39 is 12.1 Å². The van der Waals surface area contributed by atoms with E-state index in [1.165, 1.54) is 0 Å². The third-order valence-corrected chi connectivity index (χ3v) is 4.41. The molecular weight excluding hydrogens is 294 g/mol. The van der Waals surface area contributed by atoms with E-state index in [4.69, 9.17) is 5.73 Å². The molecule has 0 bridgehead atoms. The predicted molar refractivity (Wildman–Crippen MR) is 87.6 cm³/mol. The normalized spacial score (nSPS) is 17.0. The number of hydrogen-bond acceptors (Lipinski definition) is 3. The molecule has 126 valence electrons. The van der Waals surface area contributed by atoms with Gasteiger partial charge in [0.1, 0.15) is 0 Å². The molecule has 1 aliphatic carbocycles. The van der Waals surface area contributed by atoms with Crippen LogP contribution in [0.25, 0.3) is 0 Å². The SMILES string of the molecule is Cc1cccc(C(CC(=O)NC(CO)C2CCC2)NC(N)=O)c1. The topological polar surface area (TPSA) is 104 Å². The Balaban J connectivity index is 2.01. The summed E-state index contributed by atoms with van der Waals surface area (Å²) in [5.74, 6) is 0.154. The number of urea groups is 1. The van der Waals surface area contributed by atoms with Crippen molar-refractivity contribution in [3.8, 4) is 0 Å². The van der Waals surface area contributed by atoms with Gasteiger partial charge in [-0.15, -0.1) is 0 Å². The Morgan fingerprint density at radius 1 is 1.35 bits per heavy atom. The fraction of sp³-hybridized carbons (Fsp3) is 0.529. The molecule has 2 rings (SSSR count). The number of carbonyl (C=O) groups excluding carboxylic acids is 2. The van der Waals surface area contributed by atoms with Crippen molar-refractivity contribution in [1.82, 2.24) is 10.6 Å². The predicted octanol–water partition coefficient (Wildman–Crippen LogP) is 1.37. The lowest BCUT2D eigenvalue weighted by molar-refractivity contribution is -0.123. The highest BCUT2D eigenvalue weighted by Gasteiger charge is 2.28. The Bertz CT molecular complexity index is 558. The van der Waals surface area contributed by atoms with E-state index in [9.17, 15) is 14.7 Å². The van der Waals surface area contributed by atoms with Gasteiger partial charge in [-0.2, -0.15) is 0 Å². The molecule has 0 spiro atoms. The Kier molecular flexibility index (Phi) is 5.98. The number of aliphatic hydroxyl groups is 1. The van der Waals surface area contributed by atoms with Crippen LogP contribution in [-0.2, 0) is 4.79 Å². The first-order valence-corrected chi connectivity index (χ1v) is 8.02. The minimum atomic E-state index is -0.665. The lowest BCUT2D eigenvalue weighted by Crippen LogP contribution is -2.46. The minimum absolute atomic E-state index is 0.0607. The quantitative estimate of drug-likeness (QED) is 0.610. The van der Waals surface area contributed by atoms with Gasteiger partial charge in [-0.1, -0.05) is 36.2 Å². The zero-order chi connectivity index (χ0) is 16.8. The summed E-state index contributed by atoms with van der Waals surface area (Å²) in [5, 5.41) is 14.9. The van der Waals surface area contributed by atoms with Gasteiger partial charge < -0.3 is 21.5 Å². The van der Waals surface area contributed by atoms with E-state index in [2.05, 4.69) is 10.6 Å². The Hall–Kier alpha value is -2.08. The molecule has 6 nitrogen and oxygen atoms in total. The molecule has 0 radical (unpaired) electrons. The van der Waals surface area contributed by atoms with E-state index in [1.54, 1.807) is 0 Å². The first-order valence-electron chi connectivity index (χ1n) is 8.02. The molecule has 23 heavy (non-hydrogen) atoms. The second-order valence-corrected chi connectivity index (χ2v) is 6.23. The molecule has 2 unspecified atom stereocenters. The summed E-state index contributed by atoms with van der Waals surface area (Å²) in [6, 6.07) is 6.25. The molecule has 0 saturated heterocycles. The standard InChI is InChI=1S/C17H25N3O3/c1-11-4-2-7-13(8-11)14(20-17(18)23)9-16(22)19-15(10-21)12-5-3-6-12/h2,4,7-8,12,14-15,21H,3,5-6,9-10H2,1H3,(H,19,22)(H3,18,20,23). The summed E-state index contributed by atoms with van der Waals surface area (Å²) in [4.78, 5) is 23.5. The van der Waals surface area contributed by atoms with Crippen LogP contribution in [0.2, 0.25) is 0 Å². The van der Waals surface area contributed by atoms with Crippen LogP contribution in [0.1, 0.15) is 42.9 Å². The molecule has 0 heterocycles. The van der Waals surface area contributed by atoms with Crippen molar-refractivity contribution in [2.75, 3.05) is 6.61 Å². The average molecular weight is 319 g/mol. The maximum atomic E-state index is 12.3. The highest BCUT2D eigenvalue weighted by Crippen LogP contribution is 2.29. The first kappa shape index (κ1) is 17.3. The van der Waals surface area contributed by atoms with Crippen LogP contribution in [0, 0.1) is 12.8 Å². The maximum absolute atomic E-state index is 12.3. The number of aryl methyl sites for hydroxylation is 1. The second kappa shape index (κ2) is 7.97. The van der Waals surface area contributed by atoms with Crippen LogP contribution in [0.5, 0.6) is 0 Å². The number of nitrogens with one attached hydrogen (secondary N) is 2. The Labute approximate surface area is 136 Å². The second-order valence-electron chi connectivity index (χ2n) is 6.23. The van der Waals surface area contributed by atoms with Crippen LogP contribution in [-0.4, -0.2) is 29.7 Å². The zero-order valence-corrected chi connectivity index (χ0v) is 13.4. The summed E-state index contributed by atoms with van der Waals surface area (Å²) in [5.41, 5.74) is 7.11. The molecule has 3 amide bonds. The number of primary amides is 1. The smallest absolute Gasteiger partial charge is 0.312 e. The number of aliphatic hydroxyl groups excluding tert-OH is 1. The highest BCUT2D eigenvalue weighted by atomic mass is 16.3. The van der Waals surface area contributed by atoms with Crippen molar-refractivity contribution < 1.29 is 14.7 Å². The molecule has 1 aromatic rings. The van der Waals surface area contributed by atoms with Crippen molar-refractivity contribution >= 4 is 11.9 Å². The van der Waals surface area contributed by atoms with Gasteiger partial charge in [-0.05, 0) is 31.2 Å². The third-order valence-electron chi connectivity index (χ3n) is 4.41. The molecule has 0 aliphatic heterocycles. The third kappa shape index (κ3) is 4.96. The van der Waals surface area contributed by atoms with Crippen molar-refractivity contribution in [1.29, 1.82) is 0 Å². The van der Waals surface area contributed by atoms with Crippen molar-refractivity contribution in [2.45, 2.75) is 44.7 Å². The molecule has 5 N–H and O–H groups in total. The fourth-order valence-corrected chi connectivity index (χ4v) is 2.92. The Morgan fingerprint density at radius 2 is 2.09 bits per heavy atom. The van der Waals surface area contributed by atoms with Crippen LogP contribution >= 0.6 is 0 Å². The van der Waals surface area contributed by atoms with E-state index in [0.717, 1.165) is 30.4 Å². The van der Waals surface area contributed by atoms with Crippen molar-refractivity contribution in [2.24, 2.45) is 11.7 Å². The average Bonchev–Trinajstić information content (AvgIpc) is 2.43. The lowest BCUT2D eigenvalue weighted by Gasteiger charge is -2.33. The first-order chi connectivity index (χ1) is 11.0. The van der Waals surface area contributed by atoms with Gasteiger partial charge in [-0.25, -0.2) is 4.79 Å². The van der Waals surface area contributed by atoms with Gasteiger partial charge in [0.05, 0.1) is 25.1 Å². The summed E-state index contributed by atoms with van der Waals surface area (Å²) in [7, 11) is 0.